The molecule has 2 heteroatoms. The second-order valence-electron chi connectivity index (χ2n) is 7.70. The number of rotatable bonds is 5. The topological polar surface area (TPSA) is 25.2 Å². The van der Waals surface area contributed by atoms with Gasteiger partial charge >= 0.3 is 0 Å². The van der Waals surface area contributed by atoms with Gasteiger partial charge in [0.2, 0.25) is 0 Å². The van der Waals surface area contributed by atoms with E-state index >= 15 is 0 Å². The van der Waals surface area contributed by atoms with Crippen LogP contribution in [0.2, 0.25) is 0 Å². The molecule has 2 nitrogen and oxygen atoms in total. The van der Waals surface area contributed by atoms with Crippen molar-refractivity contribution in [3.05, 3.63) is 23.7 Å². The van der Waals surface area contributed by atoms with Crippen LogP contribution in [0.1, 0.15) is 63.5 Å². The molecule has 1 aromatic heterocycles. The van der Waals surface area contributed by atoms with Gasteiger partial charge in [0.1, 0.15) is 11.5 Å². The molecule has 1 atom stereocenters. The van der Waals surface area contributed by atoms with Crippen molar-refractivity contribution >= 4 is 0 Å². The van der Waals surface area contributed by atoms with Crippen LogP contribution < -0.4 is 5.32 Å². The highest BCUT2D eigenvalue weighted by Crippen LogP contribution is 2.59. The molecule has 4 saturated carbocycles. The molecule has 1 aromatic rings. The third kappa shape index (κ3) is 2.36. The Labute approximate surface area is 128 Å². The summed E-state index contributed by atoms with van der Waals surface area (Å²) >= 11 is 0. The zero-order valence-corrected chi connectivity index (χ0v) is 13.5. The maximum absolute atomic E-state index is 6.14. The van der Waals surface area contributed by atoms with Crippen LogP contribution in [-0.4, -0.2) is 6.54 Å². The van der Waals surface area contributed by atoms with E-state index in [0.717, 1.165) is 48.3 Å². The van der Waals surface area contributed by atoms with E-state index in [1.807, 2.05) is 0 Å². The second kappa shape index (κ2) is 5.46. The van der Waals surface area contributed by atoms with Gasteiger partial charge in [0.05, 0.1) is 6.04 Å². The lowest BCUT2D eigenvalue weighted by Gasteiger charge is -2.56. The van der Waals surface area contributed by atoms with Gasteiger partial charge < -0.3 is 9.73 Å². The first kappa shape index (κ1) is 13.9. The van der Waals surface area contributed by atoms with Gasteiger partial charge in [-0.2, -0.15) is 0 Å². The summed E-state index contributed by atoms with van der Waals surface area (Å²) in [7, 11) is 0. The van der Waals surface area contributed by atoms with Crippen molar-refractivity contribution in [2.45, 2.75) is 58.4 Å². The molecule has 1 N–H and O–H groups in total. The summed E-state index contributed by atoms with van der Waals surface area (Å²) in [5.41, 5.74) is 0. The Hall–Kier alpha value is -0.760. The van der Waals surface area contributed by atoms with E-state index in [9.17, 15) is 0 Å². The molecule has 5 rings (SSSR count). The molecule has 1 heterocycles. The maximum Gasteiger partial charge on any atom is 0.121 e. The smallest absolute Gasteiger partial charge is 0.121 e. The molecule has 0 saturated heterocycles. The number of hydrogen-bond donors (Lipinski definition) is 1. The van der Waals surface area contributed by atoms with Crippen LogP contribution in [0.25, 0.3) is 0 Å². The molecular weight excluding hydrogens is 258 g/mol. The Bertz CT molecular complexity index is 464. The van der Waals surface area contributed by atoms with Gasteiger partial charge in [-0.25, -0.2) is 0 Å². The minimum absolute atomic E-state index is 0.449. The van der Waals surface area contributed by atoms with Crippen molar-refractivity contribution in [2.24, 2.45) is 29.6 Å². The summed E-state index contributed by atoms with van der Waals surface area (Å²) in [5.74, 6) is 7.14. The lowest BCUT2D eigenvalue weighted by Crippen LogP contribution is -2.49. The van der Waals surface area contributed by atoms with E-state index in [4.69, 9.17) is 4.42 Å². The first-order chi connectivity index (χ1) is 10.3. The Morgan fingerprint density at radius 1 is 1.05 bits per heavy atom. The fourth-order valence-electron chi connectivity index (χ4n) is 5.91. The Morgan fingerprint density at radius 2 is 1.71 bits per heavy atom. The maximum atomic E-state index is 6.14. The molecule has 4 aliphatic rings. The average molecular weight is 287 g/mol. The Morgan fingerprint density at radius 3 is 2.24 bits per heavy atom. The van der Waals surface area contributed by atoms with Gasteiger partial charge in [-0.05, 0) is 80.4 Å². The Kier molecular flexibility index (Phi) is 3.61. The van der Waals surface area contributed by atoms with Gasteiger partial charge in [0, 0.05) is 6.42 Å². The number of nitrogens with one attached hydrogen (secondary N) is 1. The van der Waals surface area contributed by atoms with Gasteiger partial charge in [-0.3, -0.25) is 0 Å². The van der Waals surface area contributed by atoms with Crippen molar-refractivity contribution in [3.8, 4) is 0 Å². The fourth-order valence-corrected chi connectivity index (χ4v) is 5.91. The van der Waals surface area contributed by atoms with E-state index in [2.05, 4.69) is 31.3 Å². The van der Waals surface area contributed by atoms with E-state index in [-0.39, 0.29) is 0 Å². The summed E-state index contributed by atoms with van der Waals surface area (Å²) < 4.78 is 6.14. The highest BCUT2D eigenvalue weighted by atomic mass is 16.3. The molecule has 0 spiro atoms. The zero-order valence-electron chi connectivity index (χ0n) is 13.5. The SMILES string of the molecule is CCNC(c1ccc(CC)o1)C1C2CC3CC(C2)CC1C3. The molecule has 0 radical (unpaired) electrons. The van der Waals surface area contributed by atoms with Gasteiger partial charge in [-0.1, -0.05) is 13.8 Å². The average Bonchev–Trinajstić information content (AvgIpc) is 2.93. The van der Waals surface area contributed by atoms with Crippen molar-refractivity contribution in [1.29, 1.82) is 0 Å². The van der Waals surface area contributed by atoms with Crippen LogP contribution in [-0.2, 0) is 6.42 Å². The van der Waals surface area contributed by atoms with Crippen LogP contribution in [0.5, 0.6) is 0 Å². The molecule has 0 aliphatic heterocycles. The minimum atomic E-state index is 0.449. The number of hydrogen-bond acceptors (Lipinski definition) is 2. The van der Waals surface area contributed by atoms with Crippen LogP contribution in [0.15, 0.2) is 16.5 Å². The summed E-state index contributed by atoms with van der Waals surface area (Å²) in [6.07, 6.45) is 8.48. The van der Waals surface area contributed by atoms with Crippen molar-refractivity contribution in [3.63, 3.8) is 0 Å². The molecular formula is C19H29NO. The first-order valence-corrected chi connectivity index (χ1v) is 9.10. The van der Waals surface area contributed by atoms with Crippen LogP contribution in [0.3, 0.4) is 0 Å². The normalized spacial score (nSPS) is 38.9. The molecule has 4 bridgehead atoms. The monoisotopic (exact) mass is 287 g/mol. The van der Waals surface area contributed by atoms with E-state index in [1.165, 1.54) is 37.9 Å². The first-order valence-electron chi connectivity index (χ1n) is 9.10. The standard InChI is InChI=1S/C19H29NO/c1-3-16-5-6-17(21-16)19(20-4-2)18-14-8-12-7-13(10-14)11-15(18)9-12/h5-6,12-15,18-20H,3-4,7-11H2,1-2H3. The summed E-state index contributed by atoms with van der Waals surface area (Å²) in [4.78, 5) is 0. The third-order valence-electron chi connectivity index (χ3n) is 6.45. The van der Waals surface area contributed by atoms with Crippen LogP contribution in [0.4, 0.5) is 0 Å². The highest BCUT2D eigenvalue weighted by molar-refractivity contribution is 5.15. The fraction of sp³-hybridized carbons (Fsp3) is 0.789. The summed E-state index contributed by atoms with van der Waals surface area (Å²) in [6, 6.07) is 4.86. The predicted molar refractivity (Wildman–Crippen MR) is 85.0 cm³/mol. The van der Waals surface area contributed by atoms with Gasteiger partial charge in [-0.15, -0.1) is 0 Å². The van der Waals surface area contributed by atoms with E-state index in [0.29, 0.717) is 6.04 Å². The zero-order chi connectivity index (χ0) is 14.4. The summed E-state index contributed by atoms with van der Waals surface area (Å²) in [5, 5.41) is 3.77. The molecule has 21 heavy (non-hydrogen) atoms. The molecule has 116 valence electrons. The highest BCUT2D eigenvalue weighted by Gasteiger charge is 2.51. The quantitative estimate of drug-likeness (QED) is 0.858. The van der Waals surface area contributed by atoms with E-state index in [1.54, 1.807) is 0 Å². The van der Waals surface area contributed by atoms with Crippen LogP contribution in [0, 0.1) is 29.6 Å². The largest absolute Gasteiger partial charge is 0.464 e. The lowest BCUT2D eigenvalue weighted by molar-refractivity contribution is -0.0552. The Balaban J connectivity index is 1.61. The molecule has 1 unspecified atom stereocenters. The molecule has 0 aromatic carbocycles. The van der Waals surface area contributed by atoms with Crippen molar-refractivity contribution in [2.75, 3.05) is 6.54 Å². The lowest BCUT2D eigenvalue weighted by atomic mass is 9.50. The second-order valence-corrected chi connectivity index (χ2v) is 7.70. The molecule has 0 amide bonds. The predicted octanol–water partition coefficient (Wildman–Crippen LogP) is 4.56. The van der Waals surface area contributed by atoms with Crippen molar-refractivity contribution < 1.29 is 4.42 Å². The van der Waals surface area contributed by atoms with Gasteiger partial charge in [0.15, 0.2) is 0 Å². The minimum Gasteiger partial charge on any atom is -0.464 e. The van der Waals surface area contributed by atoms with Gasteiger partial charge in [0.25, 0.3) is 0 Å². The molecule has 4 fully saturated rings. The van der Waals surface area contributed by atoms with Crippen molar-refractivity contribution in [1.82, 2.24) is 5.32 Å². The third-order valence-corrected chi connectivity index (χ3v) is 6.45. The summed E-state index contributed by atoms with van der Waals surface area (Å²) in [6.45, 7) is 5.44. The number of furan rings is 1. The van der Waals surface area contributed by atoms with Crippen LogP contribution >= 0.6 is 0 Å². The van der Waals surface area contributed by atoms with E-state index < -0.39 is 0 Å². The molecule has 4 aliphatic carbocycles. The number of aryl methyl sites for hydroxylation is 1.